The third kappa shape index (κ3) is 2.96. The summed E-state index contributed by atoms with van der Waals surface area (Å²) in [6, 6.07) is 7.10. The molecule has 19 heavy (non-hydrogen) atoms. The second-order valence-electron chi connectivity index (χ2n) is 4.37. The average molecular weight is 269 g/mol. The first-order valence-electron chi connectivity index (χ1n) is 5.80. The van der Waals surface area contributed by atoms with Crippen molar-refractivity contribution in [3.63, 3.8) is 0 Å². The Morgan fingerprint density at radius 2 is 1.89 bits per heavy atom. The van der Waals surface area contributed by atoms with Gasteiger partial charge in [-0.2, -0.15) is 18.3 Å². The Morgan fingerprint density at radius 1 is 1.26 bits per heavy atom. The Balaban J connectivity index is 2.32. The van der Waals surface area contributed by atoms with Crippen LogP contribution < -0.4 is 5.73 Å². The van der Waals surface area contributed by atoms with Crippen molar-refractivity contribution in [1.29, 1.82) is 0 Å². The molecule has 2 rings (SSSR count). The van der Waals surface area contributed by atoms with E-state index < -0.39 is 17.8 Å². The lowest BCUT2D eigenvalue weighted by Crippen LogP contribution is -2.21. The Labute approximate surface area is 108 Å². The Kier molecular flexibility index (Phi) is 3.61. The maximum atomic E-state index is 12.5. The van der Waals surface area contributed by atoms with Gasteiger partial charge in [0.05, 0.1) is 17.8 Å². The molecule has 3 nitrogen and oxygen atoms in total. The summed E-state index contributed by atoms with van der Waals surface area (Å²) in [5, 5.41) is 3.77. The molecule has 0 bridgehead atoms. The van der Waals surface area contributed by atoms with Crippen molar-refractivity contribution in [2.24, 2.45) is 5.73 Å². The van der Waals surface area contributed by atoms with Gasteiger partial charge in [0.25, 0.3) is 0 Å². The van der Waals surface area contributed by atoms with Crippen molar-refractivity contribution in [3.05, 3.63) is 53.3 Å². The number of alkyl halides is 3. The van der Waals surface area contributed by atoms with Crippen molar-refractivity contribution in [2.75, 3.05) is 6.54 Å². The molecule has 1 atom stereocenters. The summed E-state index contributed by atoms with van der Waals surface area (Å²) < 4.78 is 38.9. The van der Waals surface area contributed by atoms with Gasteiger partial charge in [-0.15, -0.1) is 0 Å². The fourth-order valence-corrected chi connectivity index (χ4v) is 1.84. The lowest BCUT2D eigenvalue weighted by Gasteiger charge is -2.16. The second-order valence-corrected chi connectivity index (χ2v) is 4.37. The van der Waals surface area contributed by atoms with Crippen LogP contribution in [0.15, 0.2) is 36.7 Å². The number of hydrogen-bond acceptors (Lipinski definition) is 2. The molecule has 1 unspecified atom stereocenters. The predicted octanol–water partition coefficient (Wildman–Crippen LogP) is 2.76. The van der Waals surface area contributed by atoms with Gasteiger partial charge in [0.1, 0.15) is 0 Å². The summed E-state index contributed by atoms with van der Waals surface area (Å²) in [6.45, 7) is 2.12. The van der Waals surface area contributed by atoms with Crippen LogP contribution in [0.3, 0.4) is 0 Å². The van der Waals surface area contributed by atoms with Gasteiger partial charge in [0.15, 0.2) is 0 Å². The van der Waals surface area contributed by atoms with Crippen LogP contribution >= 0.6 is 0 Å². The minimum atomic E-state index is -4.38. The van der Waals surface area contributed by atoms with E-state index in [1.165, 1.54) is 4.68 Å². The number of benzene rings is 1. The van der Waals surface area contributed by atoms with E-state index >= 15 is 0 Å². The normalized spacial score (nSPS) is 13.5. The van der Waals surface area contributed by atoms with Crippen molar-refractivity contribution in [3.8, 4) is 0 Å². The smallest absolute Gasteiger partial charge is 0.328 e. The summed E-state index contributed by atoms with van der Waals surface area (Å²) in [5.74, 6) is 0. The molecule has 2 N–H and O–H groups in total. The molecule has 0 aliphatic heterocycles. The highest BCUT2D eigenvalue weighted by Gasteiger charge is 2.32. The lowest BCUT2D eigenvalue weighted by atomic mass is 10.1. The lowest BCUT2D eigenvalue weighted by molar-refractivity contribution is -0.137. The first kappa shape index (κ1) is 13.6. The molecular formula is C13H14F3N3. The molecule has 0 aliphatic rings. The van der Waals surface area contributed by atoms with Gasteiger partial charge in [-0.3, -0.25) is 4.68 Å². The highest BCUT2D eigenvalue weighted by Crippen LogP contribution is 2.29. The number of halogens is 3. The molecule has 0 fully saturated rings. The highest BCUT2D eigenvalue weighted by atomic mass is 19.4. The van der Waals surface area contributed by atoms with Crippen LogP contribution in [-0.2, 0) is 6.18 Å². The van der Waals surface area contributed by atoms with E-state index in [1.807, 2.05) is 31.2 Å². The van der Waals surface area contributed by atoms with Crippen LogP contribution in [0.4, 0.5) is 13.2 Å². The minimum absolute atomic E-state index is 0.183. The van der Waals surface area contributed by atoms with Crippen LogP contribution in [0.25, 0.3) is 0 Å². The molecule has 1 heterocycles. The highest BCUT2D eigenvalue weighted by molar-refractivity contribution is 5.25. The summed E-state index contributed by atoms with van der Waals surface area (Å²) in [7, 11) is 0. The van der Waals surface area contributed by atoms with Crippen LogP contribution in [0, 0.1) is 6.92 Å². The van der Waals surface area contributed by atoms with Crippen LogP contribution in [-0.4, -0.2) is 16.3 Å². The topological polar surface area (TPSA) is 43.8 Å². The number of aryl methyl sites for hydroxylation is 1. The number of hydrogen-bond donors (Lipinski definition) is 1. The number of aromatic nitrogens is 2. The molecule has 0 radical (unpaired) electrons. The number of nitrogens with two attached hydrogens (primary N) is 1. The summed E-state index contributed by atoms with van der Waals surface area (Å²) in [4.78, 5) is 0. The molecule has 0 saturated carbocycles. The molecular weight excluding hydrogens is 255 g/mol. The third-order valence-corrected chi connectivity index (χ3v) is 2.93. The minimum Gasteiger partial charge on any atom is -0.328 e. The molecule has 6 heteroatoms. The van der Waals surface area contributed by atoms with Gasteiger partial charge in [-0.25, -0.2) is 0 Å². The van der Waals surface area contributed by atoms with Gasteiger partial charge in [0, 0.05) is 12.7 Å². The Hall–Kier alpha value is -1.82. The van der Waals surface area contributed by atoms with Crippen LogP contribution in [0.5, 0.6) is 0 Å². The summed E-state index contributed by atoms with van der Waals surface area (Å²) in [6.07, 6.45) is -2.58. The third-order valence-electron chi connectivity index (χ3n) is 2.93. The van der Waals surface area contributed by atoms with Gasteiger partial charge in [-0.05, 0) is 12.5 Å². The zero-order chi connectivity index (χ0) is 14.0. The van der Waals surface area contributed by atoms with E-state index in [0.717, 1.165) is 23.5 Å². The van der Waals surface area contributed by atoms with E-state index in [1.54, 1.807) is 0 Å². The molecule has 0 saturated heterocycles. The van der Waals surface area contributed by atoms with Crippen molar-refractivity contribution in [1.82, 2.24) is 9.78 Å². The molecule has 0 aliphatic carbocycles. The van der Waals surface area contributed by atoms with Crippen molar-refractivity contribution in [2.45, 2.75) is 19.1 Å². The van der Waals surface area contributed by atoms with E-state index in [-0.39, 0.29) is 6.54 Å². The first-order valence-corrected chi connectivity index (χ1v) is 5.80. The second kappa shape index (κ2) is 5.05. The maximum Gasteiger partial charge on any atom is 0.419 e. The first-order chi connectivity index (χ1) is 8.91. The van der Waals surface area contributed by atoms with Gasteiger partial charge in [-0.1, -0.05) is 29.8 Å². The molecule has 0 spiro atoms. The van der Waals surface area contributed by atoms with E-state index in [0.29, 0.717) is 0 Å². The van der Waals surface area contributed by atoms with Crippen LogP contribution in [0.2, 0.25) is 0 Å². The summed E-state index contributed by atoms with van der Waals surface area (Å²) >= 11 is 0. The number of nitrogens with zero attached hydrogens (tertiary/aromatic N) is 2. The zero-order valence-electron chi connectivity index (χ0n) is 10.4. The predicted molar refractivity (Wildman–Crippen MR) is 65.6 cm³/mol. The largest absolute Gasteiger partial charge is 0.419 e. The fraction of sp³-hybridized carbons (Fsp3) is 0.308. The molecule has 1 aromatic heterocycles. The van der Waals surface area contributed by atoms with Crippen molar-refractivity contribution >= 4 is 0 Å². The van der Waals surface area contributed by atoms with Crippen molar-refractivity contribution < 1.29 is 13.2 Å². The van der Waals surface area contributed by atoms with Gasteiger partial charge in [0.2, 0.25) is 0 Å². The molecule has 102 valence electrons. The Morgan fingerprint density at radius 3 is 2.37 bits per heavy atom. The monoisotopic (exact) mass is 269 g/mol. The van der Waals surface area contributed by atoms with E-state index in [9.17, 15) is 13.2 Å². The number of rotatable bonds is 3. The van der Waals surface area contributed by atoms with E-state index in [4.69, 9.17) is 5.73 Å². The average Bonchev–Trinajstić information content (AvgIpc) is 2.82. The SMILES string of the molecule is Cc1ccc(C(CN)n2cc(C(F)(F)F)cn2)cc1. The van der Waals surface area contributed by atoms with Crippen LogP contribution in [0.1, 0.15) is 22.7 Å². The summed E-state index contributed by atoms with van der Waals surface area (Å²) in [5.41, 5.74) is 6.80. The zero-order valence-corrected chi connectivity index (χ0v) is 10.4. The quantitative estimate of drug-likeness (QED) is 0.931. The standard InChI is InChI=1S/C13H14F3N3/c1-9-2-4-10(5-3-9)12(6-17)19-8-11(7-18-19)13(14,15)16/h2-5,7-8,12H,6,17H2,1H3. The van der Waals surface area contributed by atoms with E-state index in [2.05, 4.69) is 5.10 Å². The molecule has 0 amide bonds. The fourth-order valence-electron chi connectivity index (χ4n) is 1.84. The van der Waals surface area contributed by atoms with Gasteiger partial charge >= 0.3 is 6.18 Å². The maximum absolute atomic E-state index is 12.5. The Bertz CT molecular complexity index is 543. The molecule has 2 aromatic rings. The molecule has 1 aromatic carbocycles. The van der Waals surface area contributed by atoms with Gasteiger partial charge < -0.3 is 5.73 Å².